The van der Waals surface area contributed by atoms with E-state index in [2.05, 4.69) is 4.98 Å². The molecular formula is C22H19FN2O3S. The number of rotatable bonds is 6. The van der Waals surface area contributed by atoms with Crippen molar-refractivity contribution in [3.8, 4) is 0 Å². The Kier molecular flexibility index (Phi) is 6.51. The number of aryl methyl sites for hydroxylation is 1. The fraction of sp³-hybridized carbons (Fsp3) is 0.136. The van der Waals surface area contributed by atoms with E-state index in [-0.39, 0.29) is 18.2 Å². The van der Waals surface area contributed by atoms with Gasteiger partial charge in [0.25, 0.3) is 0 Å². The maximum absolute atomic E-state index is 14.1. The Labute approximate surface area is 172 Å². The molecule has 0 atom stereocenters. The fourth-order valence-corrected chi connectivity index (χ4v) is 3.47. The average Bonchev–Trinajstić information content (AvgIpc) is 3.15. The van der Waals surface area contributed by atoms with Gasteiger partial charge in [0.15, 0.2) is 5.13 Å². The number of anilines is 2. The minimum atomic E-state index is -0.519. The van der Waals surface area contributed by atoms with Gasteiger partial charge in [-0.15, -0.1) is 11.3 Å². The molecule has 1 aromatic heterocycles. The third-order valence-corrected chi connectivity index (χ3v) is 4.97. The van der Waals surface area contributed by atoms with Crippen LogP contribution in [0.2, 0.25) is 0 Å². The summed E-state index contributed by atoms with van der Waals surface area (Å²) in [6.07, 6.45) is 2.78. The molecule has 0 N–H and O–H groups in total. The summed E-state index contributed by atoms with van der Waals surface area (Å²) in [5.41, 5.74) is 2.58. The number of halogens is 1. The zero-order valence-electron chi connectivity index (χ0n) is 16.0. The molecule has 0 aliphatic carbocycles. The smallest absolute Gasteiger partial charge is 0.331 e. The molecule has 148 valence electrons. The van der Waals surface area contributed by atoms with Crippen molar-refractivity contribution in [2.75, 3.05) is 4.90 Å². The molecule has 1 amide bonds. The summed E-state index contributed by atoms with van der Waals surface area (Å²) in [5.74, 6) is -1.38. The minimum absolute atomic E-state index is 0.127. The van der Waals surface area contributed by atoms with Crippen LogP contribution in [0.25, 0.3) is 6.08 Å². The number of carbonyl (C=O) groups excluding carboxylic acids is 2. The summed E-state index contributed by atoms with van der Waals surface area (Å²) in [5, 5.41) is 1.99. The average molecular weight is 410 g/mol. The Bertz CT molecular complexity index is 1060. The van der Waals surface area contributed by atoms with Crippen molar-refractivity contribution in [3.05, 3.63) is 82.6 Å². The standard InChI is InChI=1S/C22H19FN2O3S/c1-15-7-3-4-8-17(15)13-28-21(27)12-11-18-14-29-22(24-18)25(16(2)26)20-10-6-5-9-19(20)23/h3-12,14H,13H2,1-2H3/b12-11+. The van der Waals surface area contributed by atoms with E-state index in [1.165, 1.54) is 47.4 Å². The summed E-state index contributed by atoms with van der Waals surface area (Å²) in [4.78, 5) is 29.5. The van der Waals surface area contributed by atoms with Gasteiger partial charge in [0.05, 0.1) is 11.4 Å². The Morgan fingerprint density at radius 3 is 2.62 bits per heavy atom. The molecule has 0 saturated heterocycles. The molecule has 0 spiro atoms. The second-order valence-electron chi connectivity index (χ2n) is 6.23. The molecule has 0 fully saturated rings. The number of nitrogens with zero attached hydrogens (tertiary/aromatic N) is 2. The van der Waals surface area contributed by atoms with Crippen LogP contribution in [0.3, 0.4) is 0 Å². The highest BCUT2D eigenvalue weighted by atomic mass is 32.1. The zero-order chi connectivity index (χ0) is 20.8. The molecule has 0 saturated carbocycles. The van der Waals surface area contributed by atoms with Gasteiger partial charge in [0, 0.05) is 18.4 Å². The lowest BCUT2D eigenvalue weighted by atomic mass is 10.1. The summed E-state index contributed by atoms with van der Waals surface area (Å²) >= 11 is 1.18. The number of aromatic nitrogens is 1. The van der Waals surface area contributed by atoms with Gasteiger partial charge in [-0.3, -0.25) is 9.69 Å². The normalized spacial score (nSPS) is 10.9. The van der Waals surface area contributed by atoms with Gasteiger partial charge in [-0.1, -0.05) is 36.4 Å². The van der Waals surface area contributed by atoms with Crippen LogP contribution in [0.4, 0.5) is 15.2 Å². The maximum Gasteiger partial charge on any atom is 0.331 e. The number of para-hydroxylation sites is 1. The van der Waals surface area contributed by atoms with Crippen molar-refractivity contribution in [2.24, 2.45) is 0 Å². The first-order valence-electron chi connectivity index (χ1n) is 8.86. The van der Waals surface area contributed by atoms with Crippen molar-refractivity contribution in [3.63, 3.8) is 0 Å². The lowest BCUT2D eigenvalue weighted by Gasteiger charge is -2.18. The molecule has 5 nitrogen and oxygen atoms in total. The van der Waals surface area contributed by atoms with E-state index < -0.39 is 11.8 Å². The lowest BCUT2D eigenvalue weighted by molar-refractivity contribution is -0.138. The van der Waals surface area contributed by atoms with Crippen molar-refractivity contribution in [1.29, 1.82) is 0 Å². The van der Waals surface area contributed by atoms with Gasteiger partial charge in [-0.05, 0) is 36.3 Å². The molecule has 3 aromatic rings. The fourth-order valence-electron chi connectivity index (χ4n) is 2.62. The number of carbonyl (C=O) groups is 2. The monoisotopic (exact) mass is 410 g/mol. The van der Waals surface area contributed by atoms with E-state index >= 15 is 0 Å². The first kappa shape index (κ1) is 20.4. The molecule has 7 heteroatoms. The number of amides is 1. The van der Waals surface area contributed by atoms with E-state index in [0.717, 1.165) is 11.1 Å². The number of thiazole rings is 1. The SMILES string of the molecule is CC(=O)N(c1nc(/C=C/C(=O)OCc2ccccc2C)cs1)c1ccccc1F. The lowest BCUT2D eigenvalue weighted by Crippen LogP contribution is -2.23. The summed E-state index contributed by atoms with van der Waals surface area (Å²) < 4.78 is 19.4. The van der Waals surface area contributed by atoms with Crippen LogP contribution in [0, 0.1) is 12.7 Å². The van der Waals surface area contributed by atoms with Crippen LogP contribution in [0.15, 0.2) is 60.0 Å². The van der Waals surface area contributed by atoms with Crippen molar-refractivity contribution in [1.82, 2.24) is 4.98 Å². The van der Waals surface area contributed by atoms with E-state index in [0.29, 0.717) is 10.8 Å². The van der Waals surface area contributed by atoms with E-state index in [9.17, 15) is 14.0 Å². The molecule has 0 bridgehead atoms. The highest BCUT2D eigenvalue weighted by Gasteiger charge is 2.20. The van der Waals surface area contributed by atoms with Crippen LogP contribution in [-0.2, 0) is 20.9 Å². The highest BCUT2D eigenvalue weighted by molar-refractivity contribution is 7.14. The van der Waals surface area contributed by atoms with E-state index in [1.54, 1.807) is 17.5 Å². The van der Waals surface area contributed by atoms with Crippen LogP contribution < -0.4 is 4.90 Å². The van der Waals surface area contributed by atoms with E-state index in [4.69, 9.17) is 4.74 Å². The van der Waals surface area contributed by atoms with Crippen LogP contribution in [-0.4, -0.2) is 16.9 Å². The third kappa shape index (κ3) is 5.14. The largest absolute Gasteiger partial charge is 0.458 e. The third-order valence-electron chi connectivity index (χ3n) is 4.13. The first-order chi connectivity index (χ1) is 14.0. The number of ether oxygens (including phenoxy) is 1. The van der Waals surface area contributed by atoms with Gasteiger partial charge >= 0.3 is 5.97 Å². The number of hydrogen-bond acceptors (Lipinski definition) is 5. The number of hydrogen-bond donors (Lipinski definition) is 0. The Morgan fingerprint density at radius 2 is 1.90 bits per heavy atom. The molecule has 0 aliphatic rings. The van der Waals surface area contributed by atoms with Crippen molar-refractivity contribution >= 4 is 40.1 Å². The van der Waals surface area contributed by atoms with Gasteiger partial charge < -0.3 is 4.74 Å². The van der Waals surface area contributed by atoms with Crippen LogP contribution in [0.1, 0.15) is 23.7 Å². The Hall–Kier alpha value is -3.32. The molecular weight excluding hydrogens is 391 g/mol. The summed E-state index contributed by atoms with van der Waals surface area (Å²) in [6.45, 7) is 3.47. The molecule has 3 rings (SSSR count). The second-order valence-corrected chi connectivity index (χ2v) is 7.06. The van der Waals surface area contributed by atoms with Gasteiger partial charge in [-0.2, -0.15) is 0 Å². The molecule has 29 heavy (non-hydrogen) atoms. The molecule has 0 unspecified atom stereocenters. The van der Waals surface area contributed by atoms with Crippen molar-refractivity contribution < 1.29 is 18.7 Å². The predicted octanol–water partition coefficient (Wildman–Crippen LogP) is 5.03. The topological polar surface area (TPSA) is 59.5 Å². The zero-order valence-corrected chi connectivity index (χ0v) is 16.8. The van der Waals surface area contributed by atoms with Crippen LogP contribution in [0.5, 0.6) is 0 Å². The second kappa shape index (κ2) is 9.25. The van der Waals surface area contributed by atoms with E-state index in [1.807, 2.05) is 31.2 Å². The molecule has 0 aliphatic heterocycles. The van der Waals surface area contributed by atoms with Gasteiger partial charge in [0.1, 0.15) is 12.4 Å². The number of esters is 1. The maximum atomic E-state index is 14.1. The number of benzene rings is 2. The molecule has 2 aromatic carbocycles. The van der Waals surface area contributed by atoms with Crippen LogP contribution >= 0.6 is 11.3 Å². The molecule has 0 radical (unpaired) electrons. The molecule has 1 heterocycles. The first-order valence-corrected chi connectivity index (χ1v) is 9.74. The Balaban J connectivity index is 1.69. The summed E-state index contributed by atoms with van der Waals surface area (Å²) in [7, 11) is 0. The van der Waals surface area contributed by atoms with Crippen molar-refractivity contribution in [2.45, 2.75) is 20.5 Å². The Morgan fingerprint density at radius 1 is 1.17 bits per heavy atom. The van der Waals surface area contributed by atoms with Gasteiger partial charge in [-0.25, -0.2) is 14.2 Å². The minimum Gasteiger partial charge on any atom is -0.458 e. The van der Waals surface area contributed by atoms with Gasteiger partial charge in [0.2, 0.25) is 5.91 Å². The quantitative estimate of drug-likeness (QED) is 0.422. The summed E-state index contributed by atoms with van der Waals surface area (Å²) in [6, 6.07) is 13.7. The predicted molar refractivity (Wildman–Crippen MR) is 111 cm³/mol. The highest BCUT2D eigenvalue weighted by Crippen LogP contribution is 2.30.